The molecule has 0 unspecified atom stereocenters. The Bertz CT molecular complexity index is 1900. The van der Waals surface area contributed by atoms with Crippen LogP contribution in [0.4, 0.5) is 0 Å². The van der Waals surface area contributed by atoms with Crippen LogP contribution in [0.25, 0.3) is 50.0 Å². The van der Waals surface area contributed by atoms with Crippen LogP contribution in [0, 0.1) is 12.1 Å². The SMILES string of the molecule is [Pt+2].[c-]1c(Oc2[c-]c3c(cc2)c2ccccc2n3-c2ccccn2)cccc1-c1cc(-c2ccccc2)ccn1. The molecule has 3 heterocycles. The molecule has 0 fully saturated rings. The van der Waals surface area contributed by atoms with E-state index < -0.39 is 0 Å². The van der Waals surface area contributed by atoms with Crippen LogP contribution in [-0.2, 0) is 21.1 Å². The van der Waals surface area contributed by atoms with Crippen LogP contribution < -0.4 is 4.74 Å². The molecule has 0 aliphatic heterocycles. The maximum absolute atomic E-state index is 6.28. The van der Waals surface area contributed by atoms with Crippen molar-refractivity contribution in [3.63, 3.8) is 0 Å². The van der Waals surface area contributed by atoms with Crippen molar-refractivity contribution < 1.29 is 25.8 Å². The molecule has 0 N–H and O–H groups in total. The Morgan fingerprint density at radius 2 is 1.41 bits per heavy atom. The molecule has 0 aliphatic rings. The van der Waals surface area contributed by atoms with Gasteiger partial charge in [-0.15, -0.1) is 41.3 Å². The fraction of sp³-hybridized carbons (Fsp3) is 0. The molecular formula is C34H21N3OPt. The van der Waals surface area contributed by atoms with E-state index >= 15 is 0 Å². The standard InChI is InChI=1S/C34H21N3O.Pt/c1-2-9-24(10-3-1)25-18-20-35-31(22-25)26-11-8-12-27(21-26)38-28-16-17-30-29-13-4-5-14-32(29)37(33(30)23-28)34-15-6-7-19-36-34;/h1-20,22H;/q-2;+2. The van der Waals surface area contributed by atoms with Gasteiger partial charge in [-0.25, -0.2) is 4.98 Å². The van der Waals surface area contributed by atoms with Gasteiger partial charge >= 0.3 is 21.1 Å². The molecule has 39 heavy (non-hydrogen) atoms. The topological polar surface area (TPSA) is 39.9 Å². The second kappa shape index (κ2) is 10.7. The number of hydrogen-bond donors (Lipinski definition) is 0. The van der Waals surface area contributed by atoms with Crippen molar-refractivity contribution in [3.8, 4) is 39.7 Å². The van der Waals surface area contributed by atoms with Crippen LogP contribution in [0.15, 0.2) is 128 Å². The van der Waals surface area contributed by atoms with Gasteiger partial charge in [-0.1, -0.05) is 72.2 Å². The largest absolute Gasteiger partial charge is 2.00 e. The van der Waals surface area contributed by atoms with Crippen molar-refractivity contribution in [1.82, 2.24) is 14.5 Å². The van der Waals surface area contributed by atoms with Crippen LogP contribution in [0.2, 0.25) is 0 Å². The molecule has 0 spiro atoms. The summed E-state index contributed by atoms with van der Waals surface area (Å²) >= 11 is 0. The van der Waals surface area contributed by atoms with Crippen molar-refractivity contribution in [2.24, 2.45) is 0 Å². The van der Waals surface area contributed by atoms with Gasteiger partial charge in [-0.2, -0.15) is 6.07 Å². The number of ether oxygens (including phenoxy) is 1. The number of aromatic nitrogens is 3. The fourth-order valence-corrected chi connectivity index (χ4v) is 4.82. The minimum absolute atomic E-state index is 0. The van der Waals surface area contributed by atoms with Gasteiger partial charge in [0.05, 0.1) is 0 Å². The monoisotopic (exact) mass is 682 g/mol. The summed E-state index contributed by atoms with van der Waals surface area (Å²) in [4.78, 5) is 9.19. The number of benzene rings is 4. The van der Waals surface area contributed by atoms with Crippen LogP contribution in [0.5, 0.6) is 11.5 Å². The van der Waals surface area contributed by atoms with Crippen molar-refractivity contribution in [2.75, 3.05) is 0 Å². The summed E-state index contributed by atoms with van der Waals surface area (Å²) in [5.41, 5.74) is 5.95. The number of nitrogens with zero attached hydrogens (tertiary/aromatic N) is 3. The maximum Gasteiger partial charge on any atom is 2.00 e. The Morgan fingerprint density at radius 3 is 2.28 bits per heavy atom. The molecule has 0 bridgehead atoms. The molecule has 0 radical (unpaired) electrons. The average molecular weight is 683 g/mol. The summed E-state index contributed by atoms with van der Waals surface area (Å²) in [5.74, 6) is 2.05. The van der Waals surface area contributed by atoms with E-state index in [1.807, 2.05) is 79.0 Å². The molecule has 0 saturated heterocycles. The Hall–Kier alpha value is -4.53. The van der Waals surface area contributed by atoms with Gasteiger partial charge in [-0.05, 0) is 46.5 Å². The third kappa shape index (κ3) is 4.76. The molecule has 0 saturated carbocycles. The van der Waals surface area contributed by atoms with Gasteiger partial charge in [0, 0.05) is 29.4 Å². The van der Waals surface area contributed by atoms with Gasteiger partial charge < -0.3 is 14.3 Å². The van der Waals surface area contributed by atoms with Gasteiger partial charge in [0.25, 0.3) is 0 Å². The normalized spacial score (nSPS) is 10.9. The third-order valence-electron chi connectivity index (χ3n) is 6.57. The van der Waals surface area contributed by atoms with Crippen molar-refractivity contribution in [3.05, 3.63) is 140 Å². The van der Waals surface area contributed by atoms with E-state index in [-0.39, 0.29) is 21.1 Å². The van der Waals surface area contributed by atoms with E-state index in [1.54, 1.807) is 6.20 Å². The van der Waals surface area contributed by atoms with E-state index in [0.717, 1.165) is 50.0 Å². The summed E-state index contributed by atoms with van der Waals surface area (Å²) in [6.07, 6.45) is 3.63. The molecule has 7 rings (SSSR count). The minimum Gasteiger partial charge on any atom is -0.503 e. The Morgan fingerprint density at radius 1 is 0.590 bits per heavy atom. The second-order valence-electron chi connectivity index (χ2n) is 8.95. The van der Waals surface area contributed by atoms with Gasteiger partial charge in [0.15, 0.2) is 0 Å². The second-order valence-corrected chi connectivity index (χ2v) is 8.95. The van der Waals surface area contributed by atoms with Gasteiger partial charge in [0.1, 0.15) is 5.82 Å². The van der Waals surface area contributed by atoms with E-state index in [9.17, 15) is 0 Å². The van der Waals surface area contributed by atoms with Crippen molar-refractivity contribution >= 4 is 21.8 Å². The summed E-state index contributed by atoms with van der Waals surface area (Å²) in [5, 5.41) is 2.24. The van der Waals surface area contributed by atoms with Crippen LogP contribution >= 0.6 is 0 Å². The first-order chi connectivity index (χ1) is 18.8. The van der Waals surface area contributed by atoms with Crippen molar-refractivity contribution in [2.45, 2.75) is 0 Å². The zero-order chi connectivity index (χ0) is 25.3. The number of rotatable bonds is 5. The Kier molecular flexibility index (Phi) is 6.79. The van der Waals surface area contributed by atoms with Gasteiger partial charge in [0.2, 0.25) is 0 Å². The molecule has 0 aliphatic carbocycles. The number of pyridine rings is 2. The maximum atomic E-state index is 6.28. The number of para-hydroxylation sites is 1. The summed E-state index contributed by atoms with van der Waals surface area (Å²) in [6.45, 7) is 0. The molecule has 4 aromatic carbocycles. The first kappa shape index (κ1) is 24.8. The first-order valence-electron chi connectivity index (χ1n) is 12.4. The van der Waals surface area contributed by atoms with Crippen LogP contribution in [-0.4, -0.2) is 14.5 Å². The summed E-state index contributed by atoms with van der Waals surface area (Å²) < 4.78 is 8.40. The summed E-state index contributed by atoms with van der Waals surface area (Å²) in [7, 11) is 0. The molecule has 4 nitrogen and oxygen atoms in total. The minimum atomic E-state index is 0. The van der Waals surface area contributed by atoms with Crippen LogP contribution in [0.3, 0.4) is 0 Å². The average Bonchev–Trinajstić information content (AvgIpc) is 3.32. The van der Waals surface area contributed by atoms with Crippen LogP contribution in [0.1, 0.15) is 0 Å². The quantitative estimate of drug-likeness (QED) is 0.172. The molecule has 5 heteroatoms. The smallest absolute Gasteiger partial charge is 0.503 e. The predicted molar refractivity (Wildman–Crippen MR) is 151 cm³/mol. The Labute approximate surface area is 240 Å². The zero-order valence-corrected chi connectivity index (χ0v) is 23.0. The van der Waals surface area contributed by atoms with E-state index in [1.165, 1.54) is 0 Å². The molecular weight excluding hydrogens is 661 g/mol. The van der Waals surface area contributed by atoms with E-state index in [4.69, 9.17) is 4.74 Å². The first-order valence-corrected chi connectivity index (χ1v) is 12.4. The number of fused-ring (bicyclic) bond motifs is 3. The Balaban J connectivity index is 0.00000277. The summed E-state index contributed by atoms with van der Waals surface area (Å²) in [6, 6.07) is 45.4. The predicted octanol–water partition coefficient (Wildman–Crippen LogP) is 8.30. The fourth-order valence-electron chi connectivity index (χ4n) is 4.82. The van der Waals surface area contributed by atoms with E-state index in [0.29, 0.717) is 11.5 Å². The van der Waals surface area contributed by atoms with Crippen molar-refractivity contribution in [1.29, 1.82) is 0 Å². The molecule has 0 atom stereocenters. The molecule has 7 aromatic rings. The molecule has 3 aromatic heterocycles. The zero-order valence-electron chi connectivity index (χ0n) is 20.7. The number of hydrogen-bond acceptors (Lipinski definition) is 3. The van der Waals surface area contributed by atoms with Gasteiger partial charge in [-0.3, -0.25) is 0 Å². The van der Waals surface area contributed by atoms with E-state index in [2.05, 4.69) is 69.1 Å². The molecule has 0 amide bonds. The third-order valence-corrected chi connectivity index (χ3v) is 6.57. The molecule has 188 valence electrons.